The van der Waals surface area contributed by atoms with Gasteiger partial charge in [0.25, 0.3) is 17.7 Å². The lowest BCUT2D eigenvalue weighted by molar-refractivity contribution is 0.0966. The summed E-state index contributed by atoms with van der Waals surface area (Å²) in [4.78, 5) is 76.3. The summed E-state index contributed by atoms with van der Waals surface area (Å²) in [6.07, 6.45) is 17.5. The Bertz CT molecular complexity index is 4580. The highest BCUT2D eigenvalue weighted by molar-refractivity contribution is 5.93. The summed E-state index contributed by atoms with van der Waals surface area (Å²) in [7, 11) is 0. The lowest BCUT2D eigenvalue weighted by Gasteiger charge is -2.37. The molecule has 15 heterocycles. The van der Waals surface area contributed by atoms with Crippen LogP contribution >= 0.6 is 0 Å². The maximum Gasteiger partial charge on any atom is 0.284 e. The first-order valence-electron chi connectivity index (χ1n) is 34.3. The highest BCUT2D eigenvalue weighted by atomic mass is 16.3. The molecule has 6 saturated heterocycles. The van der Waals surface area contributed by atoms with Crippen molar-refractivity contribution in [2.24, 2.45) is 17.2 Å². The van der Waals surface area contributed by atoms with Crippen LogP contribution in [-0.4, -0.2) is 185 Å². The fourth-order valence-corrected chi connectivity index (χ4v) is 15.7. The molecule has 6 aliphatic rings. The number of rotatable bonds is 18. The number of piperazine rings is 3. The van der Waals surface area contributed by atoms with Gasteiger partial charge in [-0.1, -0.05) is 0 Å². The van der Waals surface area contributed by atoms with Crippen LogP contribution in [-0.2, 0) is 0 Å². The van der Waals surface area contributed by atoms with Gasteiger partial charge in [-0.2, -0.15) is 15.3 Å². The van der Waals surface area contributed by atoms with Crippen molar-refractivity contribution in [3.8, 4) is 33.8 Å². The van der Waals surface area contributed by atoms with Crippen LogP contribution in [0.3, 0.4) is 0 Å². The van der Waals surface area contributed by atoms with Gasteiger partial charge in [-0.15, -0.1) is 0 Å². The van der Waals surface area contributed by atoms with Gasteiger partial charge < -0.3 is 61.1 Å². The topological polar surface area (TPSA) is 353 Å². The zero-order chi connectivity index (χ0) is 70.2. The Morgan fingerprint density at radius 1 is 0.392 bits per heavy atom. The number of nitrogens with one attached hydrogen (secondary N) is 3. The number of nitrogens with two attached hydrogens (primary N) is 3. The van der Waals surface area contributed by atoms with E-state index in [4.69, 9.17) is 30.5 Å². The van der Waals surface area contributed by atoms with E-state index in [-0.39, 0.29) is 17.3 Å². The molecule has 6 atom stereocenters. The average molecular weight is 1380 g/mol. The Labute approximate surface area is 585 Å². The van der Waals surface area contributed by atoms with E-state index in [1.165, 1.54) is 74.1 Å². The Balaban J connectivity index is 0.000000118. The second-order valence-corrected chi connectivity index (χ2v) is 27.6. The number of hydrogen-bond donors (Lipinski definition) is 6. The van der Waals surface area contributed by atoms with Gasteiger partial charge in [-0.05, 0) is 152 Å². The zero-order valence-electron chi connectivity index (χ0n) is 57.1. The lowest BCUT2D eigenvalue weighted by atomic mass is 10.2. The minimum Gasteiger partial charge on any atom is -0.458 e. The highest BCUT2D eigenvalue weighted by Crippen LogP contribution is 2.40. The molecule has 0 saturated carbocycles. The molecule has 30 heteroatoms. The van der Waals surface area contributed by atoms with E-state index in [0.717, 1.165) is 56.3 Å². The number of anilines is 9. The third kappa shape index (κ3) is 12.2. The Morgan fingerprint density at radius 2 is 0.667 bits per heavy atom. The molecule has 0 aliphatic carbocycles. The van der Waals surface area contributed by atoms with Gasteiger partial charge >= 0.3 is 0 Å². The van der Waals surface area contributed by atoms with Crippen LogP contribution in [0.4, 0.5) is 51.6 Å². The summed E-state index contributed by atoms with van der Waals surface area (Å²) < 4.78 is 20.7. The molecular formula is C72H78N24O6. The number of fused-ring (bicyclic) bond motifs is 9. The van der Waals surface area contributed by atoms with Crippen molar-refractivity contribution in [1.82, 2.24) is 73.4 Å². The first-order chi connectivity index (χ1) is 49.4. The fourth-order valence-electron chi connectivity index (χ4n) is 15.7. The maximum absolute atomic E-state index is 11.4. The SMILES string of the molecule is CC(C)N1CC2CC1CN2c1ccc(Nc2ncc(-c3coc(C(N)=O)c3)n3ncnc23)cc1.CC(C)N1C[C@@H]2C[C@H]1CN2c1ccc(Nc2ncc(-c3coc(C(N)=O)c3)n3ncnc23)cc1.CC(C)N1C[C@H]2C[C@@H]1CN2c1ccc(Nc2ncc(-c3coc(C(N)=O)c3)n3ncnc23)cc1. The third-order valence-electron chi connectivity index (χ3n) is 20.5. The minimum absolute atomic E-state index is 0.0775. The van der Waals surface area contributed by atoms with Gasteiger partial charge in [0.2, 0.25) is 0 Å². The smallest absolute Gasteiger partial charge is 0.284 e. The number of benzene rings is 3. The molecule has 30 nitrogen and oxygen atoms in total. The van der Waals surface area contributed by atoms with Gasteiger partial charge in [0.1, 0.15) is 37.8 Å². The second kappa shape index (κ2) is 26.4. The first kappa shape index (κ1) is 64.9. The molecular weight excluding hydrogens is 1300 g/mol. The van der Waals surface area contributed by atoms with Crippen LogP contribution in [0.1, 0.15) is 92.5 Å². The first-order valence-corrected chi connectivity index (χ1v) is 34.3. The van der Waals surface area contributed by atoms with Crippen molar-refractivity contribution >= 4 is 86.2 Å². The molecule has 9 aromatic heterocycles. The van der Waals surface area contributed by atoms with Crippen molar-refractivity contribution < 1.29 is 27.6 Å². The fraction of sp³-hybridized carbons (Fsp3) is 0.333. The third-order valence-corrected chi connectivity index (χ3v) is 20.5. The average Bonchev–Trinajstić information content (AvgIpc) is 1.62. The van der Waals surface area contributed by atoms with Crippen molar-refractivity contribution in [3.63, 3.8) is 0 Å². The molecule has 9 N–H and O–H groups in total. The van der Waals surface area contributed by atoms with E-state index >= 15 is 0 Å². The van der Waals surface area contributed by atoms with Crippen LogP contribution in [0.2, 0.25) is 0 Å². The molecule has 522 valence electrons. The van der Waals surface area contributed by atoms with Crippen LogP contribution in [0.25, 0.3) is 50.7 Å². The van der Waals surface area contributed by atoms with Gasteiger partial charge in [-0.25, -0.2) is 43.5 Å². The standard InChI is InChI=1S/3C24H26N8O2/c3*1-14(2)30-10-19-8-18(30)11-31(19)17-5-3-16(4-6-17)29-23-24-27-13-28-32(24)20(9-26-23)15-7-21(22(25)33)34-12-15/h3*3-7,9,12-14,18-19H,8,10-11H2,1-2H3,(H2,25,33)(H,26,29)/t2*18-,19-;/m10./s1. The molecule has 0 spiro atoms. The lowest BCUT2D eigenvalue weighted by Crippen LogP contribution is -2.48. The van der Waals surface area contributed by atoms with E-state index < -0.39 is 17.7 Å². The van der Waals surface area contributed by atoms with E-state index in [0.29, 0.717) is 123 Å². The van der Waals surface area contributed by atoms with Crippen molar-refractivity contribution in [2.75, 3.05) is 69.9 Å². The Morgan fingerprint density at radius 3 is 0.892 bits per heavy atom. The molecule has 6 fully saturated rings. The number of carbonyl (C=O) groups excluding carboxylic acids is 3. The Kier molecular flexibility index (Phi) is 16.8. The molecule has 3 amide bonds. The number of nitrogens with zero attached hydrogens (tertiary/aromatic N) is 18. The number of aromatic nitrogens is 12. The number of furan rings is 3. The summed E-state index contributed by atoms with van der Waals surface area (Å²) in [6, 6.07) is 35.6. The van der Waals surface area contributed by atoms with Gasteiger partial charge in [-0.3, -0.25) is 29.1 Å². The maximum atomic E-state index is 11.4. The predicted molar refractivity (Wildman–Crippen MR) is 384 cm³/mol. The molecule has 6 aliphatic heterocycles. The zero-order valence-corrected chi connectivity index (χ0v) is 57.1. The monoisotopic (exact) mass is 1370 g/mol. The van der Waals surface area contributed by atoms with E-state index in [2.05, 4.69) is 205 Å². The van der Waals surface area contributed by atoms with Crippen molar-refractivity contribution in [1.29, 1.82) is 0 Å². The number of amides is 3. The number of carbonyl (C=O) groups is 3. The number of hydrogen-bond acceptors (Lipinski definition) is 24. The van der Waals surface area contributed by atoms with Gasteiger partial charge in [0.05, 0.1) is 35.7 Å². The molecule has 102 heavy (non-hydrogen) atoms. The van der Waals surface area contributed by atoms with E-state index in [1.54, 1.807) is 50.3 Å². The van der Waals surface area contributed by atoms with Crippen molar-refractivity contribution in [3.05, 3.63) is 165 Å². The number of likely N-dealkylation sites (tertiary alicyclic amines) is 3. The van der Waals surface area contributed by atoms with Gasteiger partial charge in [0.15, 0.2) is 51.7 Å². The number of primary amides is 3. The quantitative estimate of drug-likeness (QED) is 0.0467. The second-order valence-electron chi connectivity index (χ2n) is 27.6. The van der Waals surface area contributed by atoms with Gasteiger partial charge in [0, 0.05) is 144 Å². The molecule has 6 bridgehead atoms. The summed E-state index contributed by atoms with van der Waals surface area (Å²) in [5, 5.41) is 23.0. The Hall–Kier alpha value is -11.8. The summed E-state index contributed by atoms with van der Waals surface area (Å²) in [6.45, 7) is 20.4. The minimum atomic E-state index is -0.630. The van der Waals surface area contributed by atoms with E-state index in [1.807, 2.05) is 0 Å². The molecule has 0 radical (unpaired) electrons. The molecule has 3 aromatic carbocycles. The predicted octanol–water partition coefficient (Wildman–Crippen LogP) is 8.69. The van der Waals surface area contributed by atoms with E-state index in [9.17, 15) is 14.4 Å². The molecule has 2 unspecified atom stereocenters. The van der Waals surface area contributed by atoms with Crippen LogP contribution in [0, 0.1) is 0 Å². The normalized spacial score (nSPS) is 20.0. The summed E-state index contributed by atoms with van der Waals surface area (Å²) >= 11 is 0. The summed E-state index contributed by atoms with van der Waals surface area (Å²) in [5.41, 5.74) is 27.9. The molecule has 18 rings (SSSR count). The van der Waals surface area contributed by atoms with Crippen LogP contribution < -0.4 is 47.9 Å². The van der Waals surface area contributed by atoms with Crippen molar-refractivity contribution in [2.45, 2.75) is 115 Å². The highest BCUT2D eigenvalue weighted by Gasteiger charge is 2.46. The molecule has 12 aromatic rings. The largest absolute Gasteiger partial charge is 0.458 e. The summed E-state index contributed by atoms with van der Waals surface area (Å²) in [5.74, 6) is 0.0942. The van der Waals surface area contributed by atoms with Crippen LogP contribution in [0.5, 0.6) is 0 Å². The van der Waals surface area contributed by atoms with Crippen LogP contribution in [0.15, 0.2) is 161 Å².